The molecule has 3 heterocycles. The fraction of sp³-hybridized carbons (Fsp3) is 0.429. The van der Waals surface area contributed by atoms with Crippen LogP contribution >= 0.6 is 0 Å². The number of hydrogen-bond acceptors (Lipinski definition) is 5. The lowest BCUT2D eigenvalue weighted by atomic mass is 10.1. The number of aromatic nitrogens is 2. The van der Waals surface area contributed by atoms with Gasteiger partial charge in [0.05, 0.1) is 23.5 Å². The van der Waals surface area contributed by atoms with Gasteiger partial charge in [0.2, 0.25) is 0 Å². The Morgan fingerprint density at radius 2 is 1.94 bits per heavy atom. The fourth-order valence-electron chi connectivity index (χ4n) is 4.98. The molecule has 2 aromatic carbocycles. The van der Waals surface area contributed by atoms with Crippen molar-refractivity contribution < 1.29 is 9.47 Å². The molecule has 2 aliphatic heterocycles. The Hall–Kier alpha value is -2.76. The van der Waals surface area contributed by atoms with Crippen LogP contribution in [0.5, 0.6) is 5.75 Å². The van der Waals surface area contributed by atoms with Crippen LogP contribution in [0.4, 0.5) is 0 Å². The van der Waals surface area contributed by atoms with Crippen LogP contribution in [-0.2, 0) is 17.7 Å². The molecule has 2 fully saturated rings. The molecule has 0 saturated carbocycles. The van der Waals surface area contributed by atoms with Gasteiger partial charge in [-0.05, 0) is 62.4 Å². The van der Waals surface area contributed by atoms with Crippen LogP contribution in [0.15, 0.2) is 60.9 Å². The average Bonchev–Trinajstić information content (AvgIpc) is 3.50. The van der Waals surface area contributed by atoms with E-state index in [1.807, 2.05) is 18.5 Å². The van der Waals surface area contributed by atoms with Gasteiger partial charge in [0.15, 0.2) is 0 Å². The maximum Gasteiger partial charge on any atom is 0.119 e. The smallest absolute Gasteiger partial charge is 0.119 e. The summed E-state index contributed by atoms with van der Waals surface area (Å²) in [6, 6.07) is 17.4. The first-order valence-corrected chi connectivity index (χ1v) is 12.2. The third kappa shape index (κ3) is 5.79. The minimum Gasteiger partial charge on any atom is -0.491 e. The molecule has 5 nitrogen and oxygen atoms in total. The third-order valence-electron chi connectivity index (χ3n) is 6.62. The van der Waals surface area contributed by atoms with Crippen LogP contribution in [-0.4, -0.2) is 40.7 Å². The van der Waals surface area contributed by atoms with Crippen LogP contribution in [0, 0.1) is 6.92 Å². The summed E-state index contributed by atoms with van der Waals surface area (Å²) in [5.41, 5.74) is 5.96. The van der Waals surface area contributed by atoms with Gasteiger partial charge in [-0.1, -0.05) is 42.0 Å². The van der Waals surface area contributed by atoms with E-state index in [-0.39, 0.29) is 6.10 Å². The molecule has 5 heteroatoms. The highest BCUT2D eigenvalue weighted by Gasteiger charge is 2.27. The van der Waals surface area contributed by atoms with Gasteiger partial charge in [-0.3, -0.25) is 14.9 Å². The minimum atomic E-state index is 0.238. The lowest BCUT2D eigenvalue weighted by molar-refractivity contribution is 0.0679. The maximum absolute atomic E-state index is 6.02. The van der Waals surface area contributed by atoms with Crippen LogP contribution < -0.4 is 4.74 Å². The van der Waals surface area contributed by atoms with Crippen LogP contribution in [0.2, 0.25) is 0 Å². The predicted molar refractivity (Wildman–Crippen MR) is 129 cm³/mol. The van der Waals surface area contributed by atoms with Gasteiger partial charge in [0.1, 0.15) is 12.4 Å². The number of ether oxygens (including phenoxy) is 2. The highest BCUT2D eigenvalue weighted by atomic mass is 16.5. The van der Waals surface area contributed by atoms with Crippen molar-refractivity contribution in [3.05, 3.63) is 89.0 Å². The molecule has 33 heavy (non-hydrogen) atoms. The molecule has 2 aliphatic rings. The molecule has 0 bridgehead atoms. The van der Waals surface area contributed by atoms with Gasteiger partial charge >= 0.3 is 0 Å². The second kappa shape index (κ2) is 10.4. The molecule has 0 amide bonds. The van der Waals surface area contributed by atoms with E-state index in [1.165, 1.54) is 23.1 Å². The van der Waals surface area contributed by atoms with E-state index >= 15 is 0 Å². The Morgan fingerprint density at radius 1 is 1.03 bits per heavy atom. The molecule has 2 saturated heterocycles. The quantitative estimate of drug-likeness (QED) is 0.475. The first-order valence-electron chi connectivity index (χ1n) is 12.2. The molecule has 0 radical (unpaired) electrons. The van der Waals surface area contributed by atoms with Crippen LogP contribution in [0.3, 0.4) is 0 Å². The highest BCUT2D eigenvalue weighted by Crippen LogP contribution is 2.32. The van der Waals surface area contributed by atoms with Gasteiger partial charge in [-0.25, -0.2) is 0 Å². The first-order chi connectivity index (χ1) is 16.2. The Labute approximate surface area is 196 Å². The molecule has 5 rings (SSSR count). The Bertz CT molecular complexity index is 1060. The van der Waals surface area contributed by atoms with Crippen molar-refractivity contribution in [2.75, 3.05) is 19.8 Å². The number of rotatable bonds is 8. The van der Waals surface area contributed by atoms with Crippen molar-refractivity contribution in [3.63, 3.8) is 0 Å². The van der Waals surface area contributed by atoms with E-state index in [9.17, 15) is 0 Å². The Balaban J connectivity index is 1.24. The largest absolute Gasteiger partial charge is 0.491 e. The summed E-state index contributed by atoms with van der Waals surface area (Å²) >= 11 is 0. The van der Waals surface area contributed by atoms with E-state index in [0.29, 0.717) is 12.6 Å². The summed E-state index contributed by atoms with van der Waals surface area (Å²) in [6.07, 6.45) is 9.45. The summed E-state index contributed by atoms with van der Waals surface area (Å²) < 4.78 is 11.7. The number of hydrogen-bond donors (Lipinski definition) is 0. The van der Waals surface area contributed by atoms with Crippen molar-refractivity contribution in [1.82, 2.24) is 14.9 Å². The second-order valence-electron chi connectivity index (χ2n) is 9.32. The summed E-state index contributed by atoms with van der Waals surface area (Å²) in [7, 11) is 0. The first kappa shape index (κ1) is 22.1. The minimum absolute atomic E-state index is 0.238. The molecule has 0 N–H and O–H groups in total. The summed E-state index contributed by atoms with van der Waals surface area (Å²) in [6.45, 7) is 5.60. The van der Waals surface area contributed by atoms with Gasteiger partial charge in [0, 0.05) is 32.0 Å². The number of aryl methyl sites for hydroxylation is 1. The molecule has 172 valence electrons. The Morgan fingerprint density at radius 3 is 2.82 bits per heavy atom. The summed E-state index contributed by atoms with van der Waals surface area (Å²) in [5, 5.41) is 0. The van der Waals surface area contributed by atoms with E-state index in [4.69, 9.17) is 14.5 Å². The van der Waals surface area contributed by atoms with E-state index in [0.717, 1.165) is 62.5 Å². The average molecular weight is 444 g/mol. The van der Waals surface area contributed by atoms with Gasteiger partial charge in [0.25, 0.3) is 0 Å². The van der Waals surface area contributed by atoms with Crippen molar-refractivity contribution >= 4 is 0 Å². The number of likely N-dealkylation sites (tertiary alicyclic amines) is 1. The zero-order valence-corrected chi connectivity index (χ0v) is 19.5. The second-order valence-corrected chi connectivity index (χ2v) is 9.32. The van der Waals surface area contributed by atoms with Crippen molar-refractivity contribution in [2.45, 2.75) is 57.7 Å². The molecule has 2 atom stereocenters. The van der Waals surface area contributed by atoms with Crippen molar-refractivity contribution in [1.29, 1.82) is 0 Å². The van der Waals surface area contributed by atoms with Gasteiger partial charge in [-0.2, -0.15) is 0 Å². The Kier molecular flexibility index (Phi) is 6.98. The third-order valence-corrected chi connectivity index (χ3v) is 6.62. The SMILES string of the molecule is Cc1cccc(Cc2cncc([C@@H]3CCCN3Cc3cccc(OC[C@@H]4CCCO4)c3)n2)c1. The molecular formula is C28H33N3O2. The topological polar surface area (TPSA) is 47.5 Å². The van der Waals surface area contributed by atoms with Crippen molar-refractivity contribution in [3.8, 4) is 5.75 Å². The lowest BCUT2D eigenvalue weighted by Crippen LogP contribution is -2.24. The molecular weight excluding hydrogens is 410 g/mol. The maximum atomic E-state index is 6.02. The van der Waals surface area contributed by atoms with Gasteiger partial charge in [-0.15, -0.1) is 0 Å². The van der Waals surface area contributed by atoms with Crippen LogP contribution in [0.25, 0.3) is 0 Å². The van der Waals surface area contributed by atoms with Gasteiger partial charge < -0.3 is 9.47 Å². The number of nitrogens with zero attached hydrogens (tertiary/aromatic N) is 3. The standard InChI is InChI=1S/C28H33N3O2/c1-21-6-2-7-22(14-21)15-24-17-29-18-27(30-24)28-11-4-12-31(28)19-23-8-3-9-25(16-23)33-20-26-10-5-13-32-26/h2-3,6-9,14,16-18,26,28H,4-5,10-13,15,19-20H2,1H3/t26-,28-/m0/s1. The van der Waals surface area contributed by atoms with E-state index < -0.39 is 0 Å². The molecule has 0 aliphatic carbocycles. The van der Waals surface area contributed by atoms with Crippen molar-refractivity contribution in [2.24, 2.45) is 0 Å². The number of benzene rings is 2. The summed E-state index contributed by atoms with van der Waals surface area (Å²) in [4.78, 5) is 12.1. The van der Waals surface area contributed by atoms with E-state index in [2.05, 4.69) is 59.3 Å². The molecule has 0 spiro atoms. The lowest BCUT2D eigenvalue weighted by Gasteiger charge is -2.24. The van der Waals surface area contributed by atoms with E-state index in [1.54, 1.807) is 0 Å². The zero-order valence-electron chi connectivity index (χ0n) is 19.5. The summed E-state index contributed by atoms with van der Waals surface area (Å²) in [5.74, 6) is 0.929. The predicted octanol–water partition coefficient (Wildman–Crippen LogP) is 5.27. The highest BCUT2D eigenvalue weighted by molar-refractivity contribution is 5.29. The normalized spacial score (nSPS) is 20.9. The molecule has 0 unspecified atom stereocenters. The monoisotopic (exact) mass is 443 g/mol. The zero-order chi connectivity index (χ0) is 22.5. The van der Waals surface area contributed by atoms with Crippen LogP contribution in [0.1, 0.15) is 59.8 Å². The fourth-order valence-corrected chi connectivity index (χ4v) is 4.98. The molecule has 3 aromatic rings. The molecule has 1 aromatic heterocycles.